The van der Waals surface area contributed by atoms with Gasteiger partial charge in [0.25, 0.3) is 0 Å². The summed E-state index contributed by atoms with van der Waals surface area (Å²) in [5, 5.41) is 11.2. The van der Waals surface area contributed by atoms with E-state index in [1.54, 1.807) is 19.0 Å². The molecule has 0 bridgehead atoms. The maximum absolute atomic E-state index is 12.4. The van der Waals surface area contributed by atoms with E-state index in [0.717, 1.165) is 29.4 Å². The first-order valence-corrected chi connectivity index (χ1v) is 10.2. The lowest BCUT2D eigenvalue weighted by Crippen LogP contribution is -2.61. The number of piperidine rings is 2. The summed E-state index contributed by atoms with van der Waals surface area (Å²) in [6.07, 6.45) is 1.31. The summed E-state index contributed by atoms with van der Waals surface area (Å²) in [6.45, 7) is 4.59. The number of anilines is 1. The van der Waals surface area contributed by atoms with E-state index in [4.69, 9.17) is 4.98 Å². The monoisotopic (exact) mass is 395 g/mol. The topological polar surface area (TPSA) is 72.8 Å². The number of rotatable bonds is 2. The van der Waals surface area contributed by atoms with Crippen molar-refractivity contribution in [3.63, 3.8) is 0 Å². The lowest BCUT2D eigenvalue weighted by Gasteiger charge is -2.50. The molecule has 1 aromatic carbocycles. The van der Waals surface area contributed by atoms with E-state index in [2.05, 4.69) is 9.88 Å². The van der Waals surface area contributed by atoms with Crippen LogP contribution in [0.3, 0.4) is 0 Å². The van der Waals surface area contributed by atoms with E-state index in [1.165, 1.54) is 0 Å². The van der Waals surface area contributed by atoms with E-state index in [-0.39, 0.29) is 11.9 Å². The van der Waals surface area contributed by atoms with Crippen molar-refractivity contribution in [2.45, 2.75) is 25.4 Å². The predicted octanol–water partition coefficient (Wildman–Crippen LogP) is 2.40. The first-order valence-electron chi connectivity index (χ1n) is 10.2. The van der Waals surface area contributed by atoms with Crippen LogP contribution in [0, 0.1) is 12.8 Å². The van der Waals surface area contributed by atoms with Crippen molar-refractivity contribution in [3.05, 3.63) is 42.1 Å². The summed E-state index contributed by atoms with van der Waals surface area (Å²) in [5.41, 5.74) is 1.21. The highest BCUT2D eigenvalue weighted by atomic mass is 16.3. The second kappa shape index (κ2) is 7.63. The number of fused-ring (bicyclic) bond motifs is 1. The SMILES string of the molecule is Cc1cc(N2CC[C@@]3(O)CCN(C(=O)N(C)C)C[C@H]3C2)nc(-c2ccccc2)n1. The minimum Gasteiger partial charge on any atom is -0.389 e. The molecule has 2 saturated heterocycles. The van der Waals surface area contributed by atoms with Crippen molar-refractivity contribution in [2.75, 3.05) is 45.2 Å². The van der Waals surface area contributed by atoms with Crippen LogP contribution >= 0.6 is 0 Å². The van der Waals surface area contributed by atoms with Crippen LogP contribution in [0.1, 0.15) is 18.5 Å². The summed E-state index contributed by atoms with van der Waals surface area (Å²) in [4.78, 5) is 27.5. The summed E-state index contributed by atoms with van der Waals surface area (Å²) < 4.78 is 0. The third kappa shape index (κ3) is 3.92. The molecule has 0 spiro atoms. The molecule has 7 heteroatoms. The van der Waals surface area contributed by atoms with Crippen molar-refractivity contribution >= 4 is 11.8 Å². The number of amides is 2. The Morgan fingerprint density at radius 2 is 1.86 bits per heavy atom. The third-order valence-corrected chi connectivity index (χ3v) is 6.12. The first kappa shape index (κ1) is 19.6. The van der Waals surface area contributed by atoms with Crippen molar-refractivity contribution in [1.82, 2.24) is 19.8 Å². The summed E-state index contributed by atoms with van der Waals surface area (Å²) in [6, 6.07) is 12.0. The quantitative estimate of drug-likeness (QED) is 0.845. The van der Waals surface area contributed by atoms with Gasteiger partial charge in [0.15, 0.2) is 5.82 Å². The fourth-order valence-corrected chi connectivity index (χ4v) is 4.40. The lowest BCUT2D eigenvalue weighted by molar-refractivity contribution is -0.0760. The van der Waals surface area contributed by atoms with Gasteiger partial charge in [0.2, 0.25) is 0 Å². The number of nitrogens with zero attached hydrogens (tertiary/aromatic N) is 5. The van der Waals surface area contributed by atoms with Gasteiger partial charge in [0.1, 0.15) is 5.82 Å². The van der Waals surface area contributed by atoms with Crippen LogP contribution in [0.5, 0.6) is 0 Å². The highest BCUT2D eigenvalue weighted by Gasteiger charge is 2.46. The van der Waals surface area contributed by atoms with E-state index < -0.39 is 5.60 Å². The van der Waals surface area contributed by atoms with Crippen LogP contribution in [0.4, 0.5) is 10.6 Å². The summed E-state index contributed by atoms with van der Waals surface area (Å²) in [5.74, 6) is 1.60. The zero-order valence-electron chi connectivity index (χ0n) is 17.4. The molecule has 1 aromatic heterocycles. The largest absolute Gasteiger partial charge is 0.389 e. The second-order valence-corrected chi connectivity index (χ2v) is 8.43. The number of hydrogen-bond donors (Lipinski definition) is 1. The van der Waals surface area contributed by atoms with Crippen LogP contribution in [-0.2, 0) is 0 Å². The van der Waals surface area contributed by atoms with Gasteiger partial charge >= 0.3 is 6.03 Å². The zero-order valence-corrected chi connectivity index (χ0v) is 17.4. The molecule has 7 nitrogen and oxygen atoms in total. The molecule has 0 aliphatic carbocycles. The van der Waals surface area contributed by atoms with Gasteiger partial charge in [-0.2, -0.15) is 0 Å². The number of hydrogen-bond acceptors (Lipinski definition) is 5. The fraction of sp³-hybridized carbons (Fsp3) is 0.500. The number of carbonyl (C=O) groups excluding carboxylic acids is 1. The Labute approximate surface area is 172 Å². The Hall–Kier alpha value is -2.67. The lowest BCUT2D eigenvalue weighted by atomic mass is 9.75. The molecule has 1 N–H and O–H groups in total. The van der Waals surface area contributed by atoms with E-state index in [9.17, 15) is 9.90 Å². The van der Waals surface area contributed by atoms with Gasteiger partial charge < -0.3 is 19.8 Å². The van der Waals surface area contributed by atoms with Gasteiger partial charge in [-0.3, -0.25) is 0 Å². The number of aliphatic hydroxyl groups is 1. The van der Waals surface area contributed by atoms with Gasteiger partial charge in [0, 0.05) is 63.5 Å². The molecule has 3 heterocycles. The smallest absolute Gasteiger partial charge is 0.319 e. The van der Waals surface area contributed by atoms with Crippen LogP contribution in [-0.4, -0.2) is 76.8 Å². The maximum Gasteiger partial charge on any atom is 0.319 e. The molecule has 0 saturated carbocycles. The number of aryl methyl sites for hydroxylation is 1. The van der Waals surface area contributed by atoms with Crippen LogP contribution in [0.15, 0.2) is 36.4 Å². The summed E-state index contributed by atoms with van der Waals surface area (Å²) >= 11 is 0. The Bertz CT molecular complexity index is 888. The van der Waals surface area contributed by atoms with Gasteiger partial charge in [0.05, 0.1) is 5.60 Å². The van der Waals surface area contributed by atoms with Gasteiger partial charge in [-0.05, 0) is 19.8 Å². The molecule has 2 aliphatic rings. The van der Waals surface area contributed by atoms with E-state index in [1.807, 2.05) is 48.2 Å². The Morgan fingerprint density at radius 3 is 2.59 bits per heavy atom. The Morgan fingerprint density at radius 1 is 1.14 bits per heavy atom. The Kier molecular flexibility index (Phi) is 5.17. The van der Waals surface area contributed by atoms with Gasteiger partial charge in [-0.25, -0.2) is 14.8 Å². The summed E-state index contributed by atoms with van der Waals surface area (Å²) in [7, 11) is 3.54. The average molecular weight is 396 g/mol. The van der Waals surface area contributed by atoms with Gasteiger partial charge in [-0.1, -0.05) is 30.3 Å². The molecule has 0 radical (unpaired) electrons. The van der Waals surface area contributed by atoms with Crippen molar-refractivity contribution < 1.29 is 9.90 Å². The van der Waals surface area contributed by atoms with E-state index in [0.29, 0.717) is 32.5 Å². The van der Waals surface area contributed by atoms with Crippen LogP contribution < -0.4 is 4.90 Å². The zero-order chi connectivity index (χ0) is 20.6. The molecule has 0 unspecified atom stereocenters. The molecule has 4 rings (SSSR count). The fourth-order valence-electron chi connectivity index (χ4n) is 4.40. The molecular formula is C22H29N5O2. The number of benzene rings is 1. The van der Waals surface area contributed by atoms with Crippen LogP contribution in [0.25, 0.3) is 11.4 Å². The normalized spacial score (nSPS) is 24.2. The molecule has 154 valence electrons. The van der Waals surface area contributed by atoms with Gasteiger partial charge in [-0.15, -0.1) is 0 Å². The molecule has 2 aliphatic heterocycles. The van der Waals surface area contributed by atoms with E-state index >= 15 is 0 Å². The number of likely N-dealkylation sites (tertiary alicyclic amines) is 1. The number of urea groups is 1. The molecule has 29 heavy (non-hydrogen) atoms. The maximum atomic E-state index is 12.4. The second-order valence-electron chi connectivity index (χ2n) is 8.43. The van der Waals surface area contributed by atoms with Crippen molar-refractivity contribution in [3.8, 4) is 11.4 Å². The van der Waals surface area contributed by atoms with Crippen molar-refractivity contribution in [2.24, 2.45) is 5.92 Å². The van der Waals surface area contributed by atoms with Crippen LogP contribution in [0.2, 0.25) is 0 Å². The minimum absolute atomic E-state index is 0.00402. The third-order valence-electron chi connectivity index (χ3n) is 6.12. The first-order chi connectivity index (χ1) is 13.9. The number of aromatic nitrogens is 2. The molecular weight excluding hydrogens is 366 g/mol. The number of carbonyl (C=O) groups is 1. The standard InChI is InChI=1S/C22H29N5O2/c1-16-13-19(24-20(23-16)17-7-5-4-6-8-17)26-11-9-22(29)10-12-27(15-18(22)14-26)21(28)25(2)3/h4-8,13,18,29H,9-12,14-15H2,1-3H3/t18-,22-/m1/s1. The Balaban J connectivity index is 1.56. The molecule has 2 aromatic rings. The highest BCUT2D eigenvalue weighted by Crippen LogP contribution is 2.37. The molecule has 2 amide bonds. The minimum atomic E-state index is -0.704. The average Bonchev–Trinajstić information content (AvgIpc) is 2.72. The van der Waals surface area contributed by atoms with Crippen molar-refractivity contribution in [1.29, 1.82) is 0 Å². The molecule has 2 atom stereocenters. The predicted molar refractivity (Wildman–Crippen MR) is 113 cm³/mol. The highest BCUT2D eigenvalue weighted by molar-refractivity contribution is 5.74. The molecule has 2 fully saturated rings.